The summed E-state index contributed by atoms with van der Waals surface area (Å²) < 4.78 is 0.747. The van der Waals surface area contributed by atoms with Crippen LogP contribution in [0.1, 0.15) is 16.6 Å². The van der Waals surface area contributed by atoms with Gasteiger partial charge in [-0.1, -0.05) is 59.5 Å². The van der Waals surface area contributed by atoms with Crippen molar-refractivity contribution in [2.24, 2.45) is 0 Å². The van der Waals surface area contributed by atoms with Gasteiger partial charge in [0.2, 0.25) is 5.91 Å². The Kier molecular flexibility index (Phi) is 6.43. The van der Waals surface area contributed by atoms with E-state index in [0.29, 0.717) is 22.2 Å². The van der Waals surface area contributed by atoms with Crippen molar-refractivity contribution < 1.29 is 9.59 Å². The Morgan fingerprint density at radius 3 is 2.65 bits per heavy atom. The van der Waals surface area contributed by atoms with Gasteiger partial charge in [-0.25, -0.2) is 4.98 Å². The van der Waals surface area contributed by atoms with E-state index in [1.54, 1.807) is 6.07 Å². The van der Waals surface area contributed by atoms with E-state index >= 15 is 0 Å². The summed E-state index contributed by atoms with van der Waals surface area (Å²) in [7, 11) is 0. The first-order valence-electron chi connectivity index (χ1n) is 7.98. The number of carbonyl (C=O) groups excluding carboxylic acids is 2. The minimum atomic E-state index is -0.152. The predicted molar refractivity (Wildman–Crippen MR) is 109 cm³/mol. The van der Waals surface area contributed by atoms with Crippen LogP contribution in [0.4, 0.5) is 5.00 Å². The van der Waals surface area contributed by atoms with Crippen molar-refractivity contribution in [3.05, 3.63) is 52.7 Å². The first kappa shape index (κ1) is 18.6. The molecule has 0 aliphatic rings. The average molecular weight is 404 g/mol. The zero-order valence-corrected chi connectivity index (χ0v) is 16.5. The van der Waals surface area contributed by atoms with Gasteiger partial charge in [-0.05, 0) is 18.4 Å². The molecule has 3 aromatic rings. The molecule has 5 nitrogen and oxygen atoms in total. The molecule has 2 heterocycles. The fraction of sp³-hybridized carbons (Fsp3) is 0.167. The maximum atomic E-state index is 12.4. The quantitative estimate of drug-likeness (QED) is 0.575. The Labute approximate surface area is 163 Å². The maximum Gasteiger partial charge on any atom is 0.266 e. The minimum absolute atomic E-state index is 0.0295. The molecule has 0 radical (unpaired) electrons. The molecular formula is C18H17N3O2S3. The number of carbonyl (C=O) groups is 2. The molecule has 0 bridgehead atoms. The van der Waals surface area contributed by atoms with Crippen LogP contribution in [0.3, 0.4) is 0 Å². The summed E-state index contributed by atoms with van der Waals surface area (Å²) in [5.41, 5.74) is 1.65. The Morgan fingerprint density at radius 1 is 1.15 bits per heavy atom. The number of aromatic nitrogens is 1. The molecule has 0 atom stereocenters. The molecule has 0 aliphatic carbocycles. The lowest BCUT2D eigenvalue weighted by atomic mass is 10.2. The average Bonchev–Trinajstić information content (AvgIpc) is 3.31. The van der Waals surface area contributed by atoms with Crippen LogP contribution < -0.4 is 10.6 Å². The molecule has 0 saturated carbocycles. The largest absolute Gasteiger partial charge is 0.356 e. The van der Waals surface area contributed by atoms with Crippen LogP contribution in [0.5, 0.6) is 0 Å². The highest BCUT2D eigenvalue weighted by Gasteiger charge is 2.17. The number of thioether (sulfide) groups is 1. The van der Waals surface area contributed by atoms with Gasteiger partial charge in [0, 0.05) is 12.1 Å². The molecule has 0 saturated heterocycles. The van der Waals surface area contributed by atoms with Gasteiger partial charge in [-0.15, -0.1) is 11.3 Å². The highest BCUT2D eigenvalue weighted by atomic mass is 32.2. The van der Waals surface area contributed by atoms with Crippen molar-refractivity contribution in [2.45, 2.75) is 11.3 Å². The maximum absolute atomic E-state index is 12.4. The van der Waals surface area contributed by atoms with Gasteiger partial charge in [0.05, 0.1) is 10.6 Å². The number of hydrogen-bond acceptors (Lipinski definition) is 6. The second-order valence-electron chi connectivity index (χ2n) is 5.20. The van der Waals surface area contributed by atoms with E-state index in [-0.39, 0.29) is 11.8 Å². The summed E-state index contributed by atoms with van der Waals surface area (Å²) in [6, 6.07) is 13.3. The molecule has 2 amide bonds. The number of amides is 2. The standard InChI is InChI=1S/C18H17N3O2S3/c1-2-19-14(22)11-25-18-20-15(12-7-4-3-5-8-12)17(26-18)21-16(23)13-9-6-10-24-13/h3-10H,2,11H2,1H3,(H,19,22)(H,21,23). The van der Waals surface area contributed by atoms with Crippen molar-refractivity contribution >= 4 is 51.3 Å². The molecule has 0 aliphatic heterocycles. The van der Waals surface area contributed by atoms with Crippen LogP contribution in [0.15, 0.2) is 52.2 Å². The zero-order chi connectivity index (χ0) is 18.4. The van der Waals surface area contributed by atoms with Crippen molar-refractivity contribution in [1.29, 1.82) is 0 Å². The summed E-state index contributed by atoms with van der Waals surface area (Å²) in [5, 5.41) is 8.28. The highest BCUT2D eigenvalue weighted by Crippen LogP contribution is 2.37. The van der Waals surface area contributed by atoms with Gasteiger partial charge < -0.3 is 10.6 Å². The Bertz CT molecular complexity index is 876. The van der Waals surface area contributed by atoms with E-state index in [1.807, 2.05) is 48.7 Å². The number of thiazole rings is 1. The van der Waals surface area contributed by atoms with Gasteiger partial charge in [-0.3, -0.25) is 9.59 Å². The van der Waals surface area contributed by atoms with Crippen molar-refractivity contribution in [3.8, 4) is 11.3 Å². The number of nitrogens with zero attached hydrogens (tertiary/aromatic N) is 1. The van der Waals surface area contributed by atoms with Crippen molar-refractivity contribution in [1.82, 2.24) is 10.3 Å². The first-order chi connectivity index (χ1) is 12.7. The third-order valence-corrected chi connectivity index (χ3v) is 6.31. The molecule has 0 fully saturated rings. The molecule has 2 N–H and O–H groups in total. The molecule has 2 aromatic heterocycles. The van der Waals surface area contributed by atoms with Gasteiger partial charge in [0.1, 0.15) is 10.7 Å². The Balaban J connectivity index is 1.83. The van der Waals surface area contributed by atoms with Crippen LogP contribution in [0, 0.1) is 0 Å². The summed E-state index contributed by atoms with van der Waals surface area (Å²) >= 11 is 4.15. The summed E-state index contributed by atoms with van der Waals surface area (Å²) in [6.07, 6.45) is 0. The van der Waals surface area contributed by atoms with E-state index in [0.717, 1.165) is 15.6 Å². The molecule has 0 unspecified atom stereocenters. The number of thiophene rings is 1. The number of nitrogens with one attached hydrogen (secondary N) is 2. The fourth-order valence-electron chi connectivity index (χ4n) is 2.19. The molecule has 3 rings (SSSR count). The number of hydrogen-bond donors (Lipinski definition) is 2. The van der Waals surface area contributed by atoms with Crippen molar-refractivity contribution in [2.75, 3.05) is 17.6 Å². The van der Waals surface area contributed by atoms with Crippen LogP contribution >= 0.6 is 34.4 Å². The third kappa shape index (κ3) is 4.72. The SMILES string of the molecule is CCNC(=O)CSc1nc(-c2ccccc2)c(NC(=O)c2cccs2)s1. The Hall–Kier alpha value is -2.16. The van der Waals surface area contributed by atoms with Crippen LogP contribution in [-0.2, 0) is 4.79 Å². The lowest BCUT2D eigenvalue weighted by Crippen LogP contribution is -2.24. The second kappa shape index (κ2) is 8.98. The molecule has 26 heavy (non-hydrogen) atoms. The van der Waals surface area contributed by atoms with E-state index in [9.17, 15) is 9.59 Å². The Morgan fingerprint density at radius 2 is 1.96 bits per heavy atom. The molecule has 0 spiro atoms. The molecule has 134 valence electrons. The van der Waals surface area contributed by atoms with E-state index in [1.165, 1.54) is 34.4 Å². The first-order valence-corrected chi connectivity index (χ1v) is 10.7. The molecule has 1 aromatic carbocycles. The van der Waals surface area contributed by atoms with Gasteiger partial charge in [0.25, 0.3) is 5.91 Å². The second-order valence-corrected chi connectivity index (χ2v) is 8.37. The minimum Gasteiger partial charge on any atom is -0.356 e. The van der Waals surface area contributed by atoms with E-state index < -0.39 is 0 Å². The number of benzene rings is 1. The predicted octanol–water partition coefficient (Wildman–Crippen LogP) is 4.35. The smallest absolute Gasteiger partial charge is 0.266 e. The van der Waals surface area contributed by atoms with Crippen LogP contribution in [0.2, 0.25) is 0 Å². The normalized spacial score (nSPS) is 10.5. The van der Waals surface area contributed by atoms with E-state index in [2.05, 4.69) is 15.6 Å². The summed E-state index contributed by atoms with van der Waals surface area (Å²) in [5.74, 6) is 0.118. The van der Waals surface area contributed by atoms with Gasteiger partial charge in [-0.2, -0.15) is 0 Å². The summed E-state index contributed by atoms with van der Waals surface area (Å²) in [6.45, 7) is 2.49. The monoisotopic (exact) mass is 403 g/mol. The third-order valence-electron chi connectivity index (χ3n) is 3.33. The lowest BCUT2D eigenvalue weighted by molar-refractivity contribution is -0.118. The number of anilines is 1. The number of rotatable bonds is 7. The summed E-state index contributed by atoms with van der Waals surface area (Å²) in [4.78, 5) is 29.4. The van der Waals surface area contributed by atoms with Crippen LogP contribution in [-0.4, -0.2) is 29.1 Å². The molecule has 8 heteroatoms. The van der Waals surface area contributed by atoms with Gasteiger partial charge >= 0.3 is 0 Å². The zero-order valence-electron chi connectivity index (χ0n) is 14.0. The lowest BCUT2D eigenvalue weighted by Gasteiger charge is -2.03. The van der Waals surface area contributed by atoms with Gasteiger partial charge in [0.15, 0.2) is 4.34 Å². The van der Waals surface area contributed by atoms with Crippen molar-refractivity contribution in [3.63, 3.8) is 0 Å². The highest BCUT2D eigenvalue weighted by molar-refractivity contribution is 8.01. The molecular weight excluding hydrogens is 386 g/mol. The fourth-order valence-corrected chi connectivity index (χ4v) is 4.70. The topological polar surface area (TPSA) is 71.1 Å². The van der Waals surface area contributed by atoms with E-state index in [4.69, 9.17) is 0 Å². The van der Waals surface area contributed by atoms with Crippen LogP contribution in [0.25, 0.3) is 11.3 Å².